The average Bonchev–Trinajstić information content (AvgIpc) is 3.10. The van der Waals surface area contributed by atoms with Gasteiger partial charge in [-0.3, -0.25) is 0 Å². The van der Waals surface area contributed by atoms with Gasteiger partial charge in [-0.1, -0.05) is 11.2 Å². The van der Waals surface area contributed by atoms with E-state index < -0.39 is 0 Å². The lowest BCUT2D eigenvalue weighted by Gasteiger charge is -2.27. The molecule has 2 aromatic heterocycles. The van der Waals surface area contributed by atoms with Crippen LogP contribution in [0, 0.1) is 0 Å². The van der Waals surface area contributed by atoms with E-state index in [-0.39, 0.29) is 12.1 Å². The van der Waals surface area contributed by atoms with E-state index in [0.717, 1.165) is 18.0 Å². The standard InChI is InChI=1S/C12H16N4O2S/c1-16-4-5-17-8(7-16)11-14-12(18-15-11)10(13)9-3-2-6-19-9/h2-3,6,8,10H,4-5,7,13H2,1H3. The summed E-state index contributed by atoms with van der Waals surface area (Å²) in [6, 6.07) is 3.56. The molecule has 1 aliphatic rings. The minimum atomic E-state index is -0.359. The second-order valence-corrected chi connectivity index (χ2v) is 5.58. The van der Waals surface area contributed by atoms with Crippen LogP contribution < -0.4 is 5.73 Å². The summed E-state index contributed by atoms with van der Waals surface area (Å²) in [6.45, 7) is 2.38. The number of morpholine rings is 1. The summed E-state index contributed by atoms with van der Waals surface area (Å²) in [5, 5.41) is 5.97. The molecule has 0 saturated carbocycles. The lowest BCUT2D eigenvalue weighted by atomic mass is 10.2. The summed E-state index contributed by atoms with van der Waals surface area (Å²) < 4.78 is 10.9. The molecule has 0 radical (unpaired) electrons. The minimum Gasteiger partial charge on any atom is -0.367 e. The van der Waals surface area contributed by atoms with Crippen LogP contribution >= 0.6 is 11.3 Å². The van der Waals surface area contributed by atoms with Crippen molar-refractivity contribution in [3.8, 4) is 0 Å². The molecule has 102 valence electrons. The molecule has 3 heterocycles. The molecule has 7 heteroatoms. The van der Waals surface area contributed by atoms with E-state index in [2.05, 4.69) is 15.0 Å². The number of aromatic nitrogens is 2. The van der Waals surface area contributed by atoms with Crippen LogP contribution in [0.15, 0.2) is 22.0 Å². The molecule has 1 fully saturated rings. The molecule has 2 N–H and O–H groups in total. The maximum absolute atomic E-state index is 6.09. The average molecular weight is 280 g/mol. The van der Waals surface area contributed by atoms with Crippen molar-refractivity contribution in [1.82, 2.24) is 15.0 Å². The molecule has 2 atom stereocenters. The molecular formula is C12H16N4O2S. The summed E-state index contributed by atoms with van der Waals surface area (Å²) in [6.07, 6.45) is -0.133. The largest absolute Gasteiger partial charge is 0.367 e. The Morgan fingerprint density at radius 3 is 3.21 bits per heavy atom. The third-order valence-corrected chi connectivity index (χ3v) is 4.09. The van der Waals surface area contributed by atoms with Crippen molar-refractivity contribution in [2.24, 2.45) is 5.73 Å². The maximum Gasteiger partial charge on any atom is 0.249 e. The zero-order chi connectivity index (χ0) is 13.2. The highest BCUT2D eigenvalue weighted by atomic mass is 32.1. The maximum atomic E-state index is 6.09. The molecule has 0 aliphatic carbocycles. The van der Waals surface area contributed by atoms with Crippen LogP contribution in [-0.4, -0.2) is 41.8 Å². The van der Waals surface area contributed by atoms with Gasteiger partial charge in [-0.25, -0.2) is 0 Å². The molecule has 1 aliphatic heterocycles. The zero-order valence-electron chi connectivity index (χ0n) is 10.7. The van der Waals surface area contributed by atoms with Gasteiger partial charge in [0.1, 0.15) is 12.1 Å². The lowest BCUT2D eigenvalue weighted by molar-refractivity contribution is -0.0264. The van der Waals surface area contributed by atoms with E-state index in [1.54, 1.807) is 11.3 Å². The quantitative estimate of drug-likeness (QED) is 0.909. The van der Waals surface area contributed by atoms with Crippen molar-refractivity contribution in [3.05, 3.63) is 34.1 Å². The van der Waals surface area contributed by atoms with Crippen LogP contribution in [0.2, 0.25) is 0 Å². The van der Waals surface area contributed by atoms with Crippen molar-refractivity contribution in [1.29, 1.82) is 0 Å². The van der Waals surface area contributed by atoms with Gasteiger partial charge in [-0.15, -0.1) is 11.3 Å². The third kappa shape index (κ3) is 2.69. The Bertz CT molecular complexity index is 528. The Hall–Kier alpha value is -1.28. The van der Waals surface area contributed by atoms with Gasteiger partial charge in [0.05, 0.1) is 6.61 Å². The van der Waals surface area contributed by atoms with E-state index in [9.17, 15) is 0 Å². The van der Waals surface area contributed by atoms with Gasteiger partial charge in [0.15, 0.2) is 0 Å². The first kappa shape index (κ1) is 12.7. The Balaban J connectivity index is 1.76. The molecule has 6 nitrogen and oxygen atoms in total. The van der Waals surface area contributed by atoms with Crippen LogP contribution in [0.4, 0.5) is 0 Å². The number of ether oxygens (including phenoxy) is 1. The summed E-state index contributed by atoms with van der Waals surface area (Å²) in [4.78, 5) is 7.57. The zero-order valence-corrected chi connectivity index (χ0v) is 11.5. The first-order valence-electron chi connectivity index (χ1n) is 6.16. The minimum absolute atomic E-state index is 0.133. The summed E-state index contributed by atoms with van der Waals surface area (Å²) in [7, 11) is 2.05. The van der Waals surface area contributed by atoms with Gasteiger partial charge in [-0.05, 0) is 18.5 Å². The highest BCUT2D eigenvalue weighted by molar-refractivity contribution is 7.10. The highest BCUT2D eigenvalue weighted by Gasteiger charge is 2.26. The van der Waals surface area contributed by atoms with Crippen LogP contribution in [0.1, 0.15) is 28.7 Å². The van der Waals surface area contributed by atoms with E-state index in [1.807, 2.05) is 24.6 Å². The number of hydrogen-bond donors (Lipinski definition) is 1. The van der Waals surface area contributed by atoms with Crippen LogP contribution in [0.5, 0.6) is 0 Å². The van der Waals surface area contributed by atoms with E-state index in [4.69, 9.17) is 15.0 Å². The van der Waals surface area contributed by atoms with Gasteiger partial charge in [0.25, 0.3) is 0 Å². The third-order valence-electron chi connectivity index (χ3n) is 3.13. The summed E-state index contributed by atoms with van der Waals surface area (Å²) in [5.41, 5.74) is 6.09. The molecule has 2 aromatic rings. The van der Waals surface area contributed by atoms with E-state index in [1.165, 1.54) is 0 Å². The molecule has 2 unspecified atom stereocenters. The fraction of sp³-hybridized carbons (Fsp3) is 0.500. The van der Waals surface area contributed by atoms with E-state index in [0.29, 0.717) is 18.3 Å². The summed E-state index contributed by atoms with van der Waals surface area (Å²) >= 11 is 1.58. The molecule has 1 saturated heterocycles. The number of hydrogen-bond acceptors (Lipinski definition) is 7. The summed E-state index contributed by atoms with van der Waals surface area (Å²) in [5.74, 6) is 1.02. The topological polar surface area (TPSA) is 77.4 Å². The highest BCUT2D eigenvalue weighted by Crippen LogP contribution is 2.25. The molecule has 0 spiro atoms. The SMILES string of the molecule is CN1CCOC(c2noc(C(N)c3cccs3)n2)C1. The molecule has 19 heavy (non-hydrogen) atoms. The van der Waals surface area contributed by atoms with Crippen molar-refractivity contribution in [2.75, 3.05) is 26.7 Å². The smallest absolute Gasteiger partial charge is 0.249 e. The Morgan fingerprint density at radius 1 is 1.58 bits per heavy atom. The van der Waals surface area contributed by atoms with Gasteiger partial charge in [0.2, 0.25) is 11.7 Å². The Labute approximate surface area is 115 Å². The van der Waals surface area contributed by atoms with Gasteiger partial charge >= 0.3 is 0 Å². The molecule has 0 bridgehead atoms. The number of likely N-dealkylation sites (N-methyl/N-ethyl adjacent to an activating group) is 1. The van der Waals surface area contributed by atoms with Crippen molar-refractivity contribution < 1.29 is 9.26 Å². The lowest BCUT2D eigenvalue weighted by Crippen LogP contribution is -2.35. The Morgan fingerprint density at radius 2 is 2.47 bits per heavy atom. The normalized spacial score (nSPS) is 22.5. The second-order valence-electron chi connectivity index (χ2n) is 4.61. The molecule has 0 amide bonds. The van der Waals surface area contributed by atoms with Crippen LogP contribution in [0.3, 0.4) is 0 Å². The number of nitrogens with zero attached hydrogens (tertiary/aromatic N) is 3. The predicted octanol–water partition coefficient (Wildman–Crippen LogP) is 1.18. The van der Waals surface area contributed by atoms with E-state index >= 15 is 0 Å². The van der Waals surface area contributed by atoms with Gasteiger partial charge in [0, 0.05) is 18.0 Å². The van der Waals surface area contributed by atoms with Gasteiger partial charge in [-0.2, -0.15) is 4.98 Å². The first-order chi connectivity index (χ1) is 9.24. The van der Waals surface area contributed by atoms with Gasteiger partial charge < -0.3 is 19.9 Å². The fourth-order valence-electron chi connectivity index (χ4n) is 2.03. The van der Waals surface area contributed by atoms with Crippen LogP contribution in [-0.2, 0) is 4.74 Å². The van der Waals surface area contributed by atoms with Crippen LogP contribution in [0.25, 0.3) is 0 Å². The number of rotatable bonds is 3. The molecule has 0 aromatic carbocycles. The number of thiophene rings is 1. The monoisotopic (exact) mass is 280 g/mol. The fourth-order valence-corrected chi connectivity index (χ4v) is 2.75. The van der Waals surface area contributed by atoms with Crippen molar-refractivity contribution >= 4 is 11.3 Å². The molecule has 3 rings (SSSR count). The predicted molar refractivity (Wildman–Crippen MR) is 70.8 cm³/mol. The molecular weight excluding hydrogens is 264 g/mol. The van der Waals surface area contributed by atoms with Crippen molar-refractivity contribution in [3.63, 3.8) is 0 Å². The first-order valence-corrected chi connectivity index (χ1v) is 7.04. The van der Waals surface area contributed by atoms with Crippen molar-refractivity contribution in [2.45, 2.75) is 12.1 Å². The number of nitrogens with two attached hydrogens (primary N) is 1. The Kier molecular flexibility index (Phi) is 3.61. The second kappa shape index (κ2) is 5.38.